The molecule has 0 bridgehead atoms. The molecule has 0 atom stereocenters. The normalized spacial score (nSPS) is 11.0. The Bertz CT molecular complexity index is 1040. The average Bonchev–Trinajstić information content (AvgIpc) is 2.96. The highest BCUT2D eigenvalue weighted by molar-refractivity contribution is 5.94. The van der Waals surface area contributed by atoms with Crippen LogP contribution in [0.5, 0.6) is 0 Å². The third-order valence-electron chi connectivity index (χ3n) is 3.45. The lowest BCUT2D eigenvalue weighted by molar-refractivity contribution is 0.0698. The summed E-state index contributed by atoms with van der Waals surface area (Å²) in [5.74, 6) is -0.701. The Morgan fingerprint density at radius 1 is 1.17 bits per heavy atom. The lowest BCUT2D eigenvalue weighted by Crippen LogP contribution is -2.00. The molecule has 0 aliphatic carbocycles. The maximum Gasteiger partial charge on any atom is 0.339 e. The largest absolute Gasteiger partial charge is 0.478 e. The number of aromatic nitrogens is 4. The Morgan fingerprint density at radius 3 is 2.96 bits per heavy atom. The molecule has 7 nitrogen and oxygen atoms in total. The van der Waals surface area contributed by atoms with Gasteiger partial charge in [-0.05, 0) is 36.4 Å². The molecule has 3 heterocycles. The van der Waals surface area contributed by atoms with Gasteiger partial charge in [0.25, 0.3) is 0 Å². The first-order valence-corrected chi connectivity index (χ1v) is 6.91. The molecule has 3 aromatic heterocycles. The van der Waals surface area contributed by atoms with E-state index in [-0.39, 0.29) is 5.56 Å². The molecule has 0 saturated heterocycles. The van der Waals surface area contributed by atoms with Crippen molar-refractivity contribution in [3.63, 3.8) is 0 Å². The van der Waals surface area contributed by atoms with Gasteiger partial charge in [0.15, 0.2) is 5.65 Å². The maximum absolute atomic E-state index is 11.2. The van der Waals surface area contributed by atoms with E-state index in [1.165, 1.54) is 10.6 Å². The molecule has 0 amide bonds. The van der Waals surface area contributed by atoms with E-state index in [4.69, 9.17) is 0 Å². The van der Waals surface area contributed by atoms with Crippen molar-refractivity contribution >= 4 is 34.2 Å². The molecule has 0 aliphatic rings. The van der Waals surface area contributed by atoms with Crippen LogP contribution in [0.1, 0.15) is 10.4 Å². The van der Waals surface area contributed by atoms with E-state index in [1.807, 2.05) is 30.3 Å². The van der Waals surface area contributed by atoms with E-state index in [0.29, 0.717) is 11.6 Å². The number of benzene rings is 1. The van der Waals surface area contributed by atoms with Crippen LogP contribution in [-0.4, -0.2) is 30.7 Å². The second kappa shape index (κ2) is 5.06. The summed E-state index contributed by atoms with van der Waals surface area (Å²) in [7, 11) is 0. The van der Waals surface area contributed by atoms with Crippen LogP contribution in [0.25, 0.3) is 16.6 Å². The van der Waals surface area contributed by atoms with Crippen LogP contribution in [0, 0.1) is 0 Å². The smallest absolute Gasteiger partial charge is 0.339 e. The summed E-state index contributed by atoms with van der Waals surface area (Å²) in [6.45, 7) is 0. The van der Waals surface area contributed by atoms with Crippen LogP contribution in [0.3, 0.4) is 0 Å². The molecule has 0 saturated carbocycles. The number of rotatable bonds is 3. The van der Waals surface area contributed by atoms with E-state index in [9.17, 15) is 9.90 Å². The fourth-order valence-corrected chi connectivity index (χ4v) is 2.41. The van der Waals surface area contributed by atoms with E-state index in [1.54, 1.807) is 18.5 Å². The van der Waals surface area contributed by atoms with E-state index >= 15 is 0 Å². The number of pyridine rings is 2. The Balaban J connectivity index is 1.74. The first-order chi connectivity index (χ1) is 11.2. The number of carboxylic acid groups (broad SMARTS) is 1. The lowest BCUT2D eigenvalue weighted by atomic mass is 10.2. The van der Waals surface area contributed by atoms with Gasteiger partial charge >= 0.3 is 5.97 Å². The highest BCUT2D eigenvalue weighted by atomic mass is 16.4. The molecule has 0 unspecified atom stereocenters. The summed E-state index contributed by atoms with van der Waals surface area (Å²) in [5, 5.41) is 17.5. The first-order valence-electron chi connectivity index (χ1n) is 6.91. The molecule has 0 aliphatic heterocycles. The molecular formula is C16H11N5O2. The quantitative estimate of drug-likeness (QED) is 0.604. The average molecular weight is 305 g/mol. The van der Waals surface area contributed by atoms with Crippen molar-refractivity contribution in [1.29, 1.82) is 0 Å². The summed E-state index contributed by atoms with van der Waals surface area (Å²) in [5.41, 5.74) is 2.10. The van der Waals surface area contributed by atoms with Gasteiger partial charge < -0.3 is 10.4 Å². The topological polar surface area (TPSA) is 92.4 Å². The summed E-state index contributed by atoms with van der Waals surface area (Å²) >= 11 is 0. The third kappa shape index (κ3) is 2.34. The van der Waals surface area contributed by atoms with Crippen molar-refractivity contribution in [1.82, 2.24) is 19.6 Å². The van der Waals surface area contributed by atoms with Crippen LogP contribution >= 0.6 is 0 Å². The van der Waals surface area contributed by atoms with Crippen molar-refractivity contribution in [3.05, 3.63) is 60.4 Å². The van der Waals surface area contributed by atoms with Gasteiger partial charge in [0.1, 0.15) is 5.56 Å². The SMILES string of the molecule is O=C(O)c1cccn2nc(Nc3ccc4ncccc4c3)nc12. The molecule has 0 fully saturated rings. The number of nitrogens with one attached hydrogen (secondary N) is 1. The summed E-state index contributed by atoms with van der Waals surface area (Å²) in [6.07, 6.45) is 3.40. The number of anilines is 2. The van der Waals surface area contributed by atoms with Crippen LogP contribution in [0.2, 0.25) is 0 Å². The van der Waals surface area contributed by atoms with E-state index in [2.05, 4.69) is 20.4 Å². The zero-order valence-electron chi connectivity index (χ0n) is 11.8. The Hall–Kier alpha value is -3.48. The fourth-order valence-electron chi connectivity index (χ4n) is 2.41. The minimum atomic E-state index is -1.04. The number of hydrogen-bond acceptors (Lipinski definition) is 5. The van der Waals surface area contributed by atoms with Gasteiger partial charge in [0.2, 0.25) is 5.95 Å². The molecule has 112 valence electrons. The van der Waals surface area contributed by atoms with E-state index in [0.717, 1.165) is 16.6 Å². The van der Waals surface area contributed by atoms with Crippen molar-refractivity contribution in [2.45, 2.75) is 0 Å². The zero-order valence-corrected chi connectivity index (χ0v) is 11.8. The highest BCUT2D eigenvalue weighted by Crippen LogP contribution is 2.20. The van der Waals surface area contributed by atoms with Gasteiger partial charge in [-0.15, -0.1) is 5.10 Å². The number of hydrogen-bond donors (Lipinski definition) is 2. The van der Waals surface area contributed by atoms with Crippen molar-refractivity contribution in [2.75, 3.05) is 5.32 Å². The van der Waals surface area contributed by atoms with Gasteiger partial charge in [-0.3, -0.25) is 4.98 Å². The van der Waals surface area contributed by atoms with Crippen LogP contribution in [0.15, 0.2) is 54.9 Å². The van der Waals surface area contributed by atoms with Crippen molar-refractivity contribution < 1.29 is 9.90 Å². The zero-order chi connectivity index (χ0) is 15.8. The molecule has 7 heteroatoms. The van der Waals surface area contributed by atoms with Gasteiger partial charge in [-0.2, -0.15) is 4.98 Å². The molecule has 4 rings (SSSR count). The van der Waals surface area contributed by atoms with Gasteiger partial charge in [0.05, 0.1) is 5.52 Å². The number of carbonyl (C=O) groups is 1. The Kier molecular flexibility index (Phi) is 2.90. The molecule has 0 spiro atoms. The summed E-state index contributed by atoms with van der Waals surface area (Å²) in [6, 6.07) is 12.7. The second-order valence-corrected chi connectivity index (χ2v) is 4.97. The Morgan fingerprint density at radius 2 is 2.09 bits per heavy atom. The van der Waals surface area contributed by atoms with Crippen LogP contribution in [-0.2, 0) is 0 Å². The fraction of sp³-hybridized carbons (Fsp3) is 0. The van der Waals surface area contributed by atoms with Crippen molar-refractivity contribution in [3.8, 4) is 0 Å². The molecular weight excluding hydrogens is 294 g/mol. The molecule has 0 radical (unpaired) electrons. The van der Waals surface area contributed by atoms with Crippen LogP contribution in [0.4, 0.5) is 11.6 Å². The first kappa shape index (κ1) is 13.2. The maximum atomic E-state index is 11.2. The van der Waals surface area contributed by atoms with Gasteiger partial charge in [-0.1, -0.05) is 6.07 Å². The number of nitrogens with zero attached hydrogens (tertiary/aromatic N) is 4. The molecule has 1 aromatic carbocycles. The lowest BCUT2D eigenvalue weighted by Gasteiger charge is -2.03. The standard InChI is InChI=1S/C16H11N5O2/c22-15(23)12-4-2-8-21-14(12)19-16(20-21)18-11-5-6-13-10(9-11)3-1-7-17-13/h1-9H,(H,18,20)(H,22,23). The second-order valence-electron chi connectivity index (χ2n) is 4.97. The minimum absolute atomic E-state index is 0.107. The molecule has 23 heavy (non-hydrogen) atoms. The predicted octanol–water partition coefficient (Wildman–Crippen LogP) is 2.72. The van der Waals surface area contributed by atoms with Gasteiger partial charge in [0, 0.05) is 23.5 Å². The molecule has 2 N–H and O–H groups in total. The summed E-state index contributed by atoms with van der Waals surface area (Å²) in [4.78, 5) is 19.7. The minimum Gasteiger partial charge on any atom is -0.478 e. The summed E-state index contributed by atoms with van der Waals surface area (Å²) < 4.78 is 1.44. The number of fused-ring (bicyclic) bond motifs is 2. The molecule has 4 aromatic rings. The predicted molar refractivity (Wildman–Crippen MR) is 85.0 cm³/mol. The number of carboxylic acids is 1. The highest BCUT2D eigenvalue weighted by Gasteiger charge is 2.13. The van der Waals surface area contributed by atoms with Crippen molar-refractivity contribution in [2.24, 2.45) is 0 Å². The number of aromatic carboxylic acids is 1. The Labute approximate surface area is 130 Å². The third-order valence-corrected chi connectivity index (χ3v) is 3.45. The van der Waals surface area contributed by atoms with E-state index < -0.39 is 5.97 Å². The van der Waals surface area contributed by atoms with Crippen LogP contribution < -0.4 is 5.32 Å². The monoisotopic (exact) mass is 305 g/mol. The van der Waals surface area contributed by atoms with Gasteiger partial charge in [-0.25, -0.2) is 9.31 Å².